The lowest BCUT2D eigenvalue weighted by Gasteiger charge is -2.37. The molecule has 0 saturated carbocycles. The van der Waals surface area contributed by atoms with Crippen LogP contribution in [0, 0.1) is 21.6 Å². The van der Waals surface area contributed by atoms with Crippen molar-refractivity contribution >= 4 is 0 Å². The molecule has 0 aromatic heterocycles. The first-order valence-corrected chi connectivity index (χ1v) is 6.00. The molecule has 2 aliphatic heterocycles. The molecule has 0 aromatic rings. The summed E-state index contributed by atoms with van der Waals surface area (Å²) in [5.41, 5.74) is 0. The number of rotatable bonds is 3. The van der Waals surface area contributed by atoms with Crippen LogP contribution < -0.4 is 0 Å². The van der Waals surface area contributed by atoms with Crippen LogP contribution in [0.2, 0.25) is 0 Å². The third-order valence-electron chi connectivity index (χ3n) is 3.85. The molecular formula is C10H18N4O2. The standard InChI is InChI=1S/C10H18N4O2/c15-11-13-6-3-9(4-7-13)10-2-1-5-14(8-10)12-16/h9-10H,1-8H2. The summed E-state index contributed by atoms with van der Waals surface area (Å²) < 4.78 is 0. The summed E-state index contributed by atoms with van der Waals surface area (Å²) in [6.07, 6.45) is 4.28. The van der Waals surface area contributed by atoms with Gasteiger partial charge in [0.05, 0.1) is 10.6 Å². The third-order valence-corrected chi connectivity index (χ3v) is 3.85. The van der Waals surface area contributed by atoms with E-state index < -0.39 is 0 Å². The molecule has 2 fully saturated rings. The van der Waals surface area contributed by atoms with Gasteiger partial charge in [-0.15, -0.1) is 9.81 Å². The van der Waals surface area contributed by atoms with E-state index in [4.69, 9.17) is 0 Å². The highest BCUT2D eigenvalue weighted by atomic mass is 16.3. The third kappa shape index (κ3) is 2.48. The van der Waals surface area contributed by atoms with Gasteiger partial charge in [-0.2, -0.15) is 0 Å². The van der Waals surface area contributed by atoms with Crippen molar-refractivity contribution in [1.82, 2.24) is 10.0 Å². The van der Waals surface area contributed by atoms with Gasteiger partial charge in [-0.05, 0) is 37.5 Å². The molecule has 2 rings (SSSR count). The van der Waals surface area contributed by atoms with Crippen molar-refractivity contribution in [3.8, 4) is 0 Å². The van der Waals surface area contributed by atoms with Crippen LogP contribution in [-0.4, -0.2) is 36.2 Å². The molecule has 0 radical (unpaired) electrons. The second-order valence-electron chi connectivity index (χ2n) is 4.77. The molecule has 90 valence electrons. The SMILES string of the molecule is O=NN1CCC(C2CCCN(N=O)C2)CC1. The number of piperidine rings is 2. The molecule has 0 spiro atoms. The van der Waals surface area contributed by atoms with Gasteiger partial charge in [0.1, 0.15) is 0 Å². The average molecular weight is 226 g/mol. The Labute approximate surface area is 94.9 Å². The fourth-order valence-corrected chi connectivity index (χ4v) is 2.89. The minimum atomic E-state index is 0.570. The second-order valence-corrected chi connectivity index (χ2v) is 4.77. The molecule has 0 aliphatic carbocycles. The minimum Gasteiger partial charge on any atom is -0.261 e. The predicted octanol–water partition coefficient (Wildman–Crippen LogP) is 1.77. The summed E-state index contributed by atoms with van der Waals surface area (Å²) >= 11 is 0. The first-order chi connectivity index (χ1) is 7.83. The van der Waals surface area contributed by atoms with Crippen molar-refractivity contribution in [2.24, 2.45) is 22.4 Å². The molecular weight excluding hydrogens is 208 g/mol. The van der Waals surface area contributed by atoms with E-state index in [2.05, 4.69) is 10.6 Å². The molecule has 6 nitrogen and oxygen atoms in total. The van der Waals surface area contributed by atoms with Crippen molar-refractivity contribution in [2.45, 2.75) is 25.7 Å². The quantitative estimate of drug-likeness (QED) is 0.688. The molecule has 2 aliphatic rings. The largest absolute Gasteiger partial charge is 0.261 e. The first kappa shape index (κ1) is 11.3. The van der Waals surface area contributed by atoms with Gasteiger partial charge in [-0.3, -0.25) is 10.0 Å². The van der Waals surface area contributed by atoms with Gasteiger partial charge in [0.2, 0.25) is 0 Å². The maximum Gasteiger partial charge on any atom is 0.0524 e. The lowest BCUT2D eigenvalue weighted by atomic mass is 9.80. The lowest BCUT2D eigenvalue weighted by molar-refractivity contribution is 0.0885. The van der Waals surface area contributed by atoms with Gasteiger partial charge in [0.25, 0.3) is 0 Å². The smallest absolute Gasteiger partial charge is 0.0524 e. The summed E-state index contributed by atoms with van der Waals surface area (Å²) in [5.74, 6) is 1.20. The molecule has 6 heteroatoms. The second kappa shape index (κ2) is 5.23. The molecule has 16 heavy (non-hydrogen) atoms. The monoisotopic (exact) mass is 226 g/mol. The van der Waals surface area contributed by atoms with Gasteiger partial charge in [0, 0.05) is 26.2 Å². The van der Waals surface area contributed by atoms with Crippen LogP contribution in [0.4, 0.5) is 0 Å². The van der Waals surface area contributed by atoms with Crippen molar-refractivity contribution in [1.29, 1.82) is 0 Å². The van der Waals surface area contributed by atoms with Gasteiger partial charge in [-0.25, -0.2) is 0 Å². The van der Waals surface area contributed by atoms with E-state index in [-0.39, 0.29) is 0 Å². The highest BCUT2D eigenvalue weighted by Crippen LogP contribution is 2.31. The highest BCUT2D eigenvalue weighted by molar-refractivity contribution is 4.81. The van der Waals surface area contributed by atoms with Crippen LogP contribution in [0.5, 0.6) is 0 Å². The van der Waals surface area contributed by atoms with E-state index in [9.17, 15) is 9.81 Å². The Morgan fingerprint density at radius 2 is 1.50 bits per heavy atom. The summed E-state index contributed by atoms with van der Waals surface area (Å²) in [4.78, 5) is 20.9. The van der Waals surface area contributed by atoms with Crippen LogP contribution in [0.1, 0.15) is 25.7 Å². The number of hydrogen-bond donors (Lipinski definition) is 0. The Balaban J connectivity index is 1.83. The van der Waals surface area contributed by atoms with Crippen LogP contribution in [0.15, 0.2) is 10.6 Å². The van der Waals surface area contributed by atoms with E-state index in [1.54, 1.807) is 10.0 Å². The van der Waals surface area contributed by atoms with Gasteiger partial charge in [0.15, 0.2) is 0 Å². The Bertz CT molecular complexity index is 253. The number of nitrogens with zero attached hydrogens (tertiary/aromatic N) is 4. The summed E-state index contributed by atoms with van der Waals surface area (Å²) in [7, 11) is 0. The number of hydrogen-bond acceptors (Lipinski definition) is 4. The van der Waals surface area contributed by atoms with Crippen LogP contribution in [0.3, 0.4) is 0 Å². The molecule has 0 amide bonds. The van der Waals surface area contributed by atoms with Gasteiger partial charge < -0.3 is 0 Å². The van der Waals surface area contributed by atoms with Crippen LogP contribution >= 0.6 is 0 Å². The zero-order valence-corrected chi connectivity index (χ0v) is 9.42. The maximum atomic E-state index is 10.5. The van der Waals surface area contributed by atoms with Crippen molar-refractivity contribution in [3.63, 3.8) is 0 Å². The zero-order chi connectivity index (χ0) is 11.4. The molecule has 0 aromatic carbocycles. The molecule has 0 N–H and O–H groups in total. The minimum absolute atomic E-state index is 0.570. The highest BCUT2D eigenvalue weighted by Gasteiger charge is 2.30. The molecule has 0 bridgehead atoms. The van der Waals surface area contributed by atoms with E-state index >= 15 is 0 Å². The Hall–Kier alpha value is -1.20. The summed E-state index contributed by atoms with van der Waals surface area (Å²) in [6.45, 7) is 3.12. The Morgan fingerprint density at radius 1 is 0.812 bits per heavy atom. The average Bonchev–Trinajstić information content (AvgIpc) is 2.39. The number of nitroso groups, excluding NO2 is 2. The van der Waals surface area contributed by atoms with Crippen LogP contribution in [-0.2, 0) is 0 Å². The van der Waals surface area contributed by atoms with E-state index in [0.29, 0.717) is 11.8 Å². The maximum absolute atomic E-state index is 10.5. The first-order valence-electron chi connectivity index (χ1n) is 6.00. The van der Waals surface area contributed by atoms with E-state index in [1.807, 2.05) is 0 Å². The molecule has 2 heterocycles. The van der Waals surface area contributed by atoms with Gasteiger partial charge in [-0.1, -0.05) is 0 Å². The normalized spacial score (nSPS) is 27.9. The van der Waals surface area contributed by atoms with Crippen molar-refractivity contribution in [3.05, 3.63) is 9.81 Å². The molecule has 1 atom stereocenters. The Kier molecular flexibility index (Phi) is 3.69. The van der Waals surface area contributed by atoms with Crippen molar-refractivity contribution in [2.75, 3.05) is 26.2 Å². The van der Waals surface area contributed by atoms with Crippen LogP contribution in [0.25, 0.3) is 0 Å². The fraction of sp³-hybridized carbons (Fsp3) is 1.00. The van der Waals surface area contributed by atoms with E-state index in [1.165, 1.54) is 6.42 Å². The lowest BCUT2D eigenvalue weighted by Crippen LogP contribution is -2.39. The zero-order valence-electron chi connectivity index (χ0n) is 9.42. The predicted molar refractivity (Wildman–Crippen MR) is 60.2 cm³/mol. The fourth-order valence-electron chi connectivity index (χ4n) is 2.89. The molecule has 2 saturated heterocycles. The Morgan fingerprint density at radius 3 is 2.12 bits per heavy atom. The van der Waals surface area contributed by atoms with Gasteiger partial charge >= 0.3 is 0 Å². The molecule has 1 unspecified atom stereocenters. The van der Waals surface area contributed by atoms with E-state index in [0.717, 1.165) is 45.4 Å². The summed E-state index contributed by atoms with van der Waals surface area (Å²) in [5, 5.41) is 9.22. The summed E-state index contributed by atoms with van der Waals surface area (Å²) in [6, 6.07) is 0. The topological polar surface area (TPSA) is 65.3 Å². The van der Waals surface area contributed by atoms with Crippen molar-refractivity contribution < 1.29 is 0 Å².